The van der Waals surface area contributed by atoms with Gasteiger partial charge in [-0.1, -0.05) is 12.1 Å². The lowest BCUT2D eigenvalue weighted by atomic mass is 10.2. The van der Waals surface area contributed by atoms with Crippen LogP contribution in [-0.4, -0.2) is 15.1 Å². The van der Waals surface area contributed by atoms with Crippen molar-refractivity contribution in [3.63, 3.8) is 0 Å². The largest absolute Gasteiger partial charge is 0.506 e. The van der Waals surface area contributed by atoms with E-state index < -0.39 is 0 Å². The number of hydrogen-bond donors (Lipinski definition) is 2. The van der Waals surface area contributed by atoms with Crippen LogP contribution in [-0.2, 0) is 13.1 Å². The smallest absolute Gasteiger partial charge is 0.134 e. The Kier molecular flexibility index (Phi) is 4.06. The maximum absolute atomic E-state index is 9.78. The minimum Gasteiger partial charge on any atom is -0.506 e. The van der Waals surface area contributed by atoms with Crippen LogP contribution in [0.1, 0.15) is 11.3 Å². The monoisotopic (exact) mass is 293 g/mol. The first-order valence-corrected chi connectivity index (χ1v) is 5.98. The molecule has 2 N–H and O–H groups in total. The Balaban J connectivity index is 1.93. The molecule has 0 unspecified atom stereocenters. The van der Waals surface area contributed by atoms with Crippen molar-refractivity contribution in [2.45, 2.75) is 13.1 Å². The Labute approximate surface area is 108 Å². The number of nitrogens with zero attached hydrogens (tertiary/aromatic N) is 2. The fraction of sp³-hybridized carbons (Fsp3) is 0.167. The molecule has 0 bridgehead atoms. The summed E-state index contributed by atoms with van der Waals surface area (Å²) in [6.07, 6.45) is 3.23. The highest BCUT2D eigenvalue weighted by Crippen LogP contribution is 2.27. The molecule has 17 heavy (non-hydrogen) atoms. The van der Waals surface area contributed by atoms with Crippen LogP contribution in [0.15, 0.2) is 41.3 Å². The summed E-state index contributed by atoms with van der Waals surface area (Å²) >= 11 is 3.28. The quantitative estimate of drug-likeness (QED) is 0.908. The molecule has 0 fully saturated rings. The lowest BCUT2D eigenvalue weighted by Gasteiger charge is -2.07. The van der Waals surface area contributed by atoms with Crippen molar-refractivity contribution in [2.24, 2.45) is 0 Å². The average molecular weight is 294 g/mol. The summed E-state index contributed by atoms with van der Waals surface area (Å²) in [5, 5.41) is 13.0. The van der Waals surface area contributed by atoms with E-state index in [0.717, 1.165) is 11.3 Å². The van der Waals surface area contributed by atoms with Gasteiger partial charge in [-0.3, -0.25) is 0 Å². The molecule has 0 aliphatic carbocycles. The molecule has 1 aromatic carbocycles. The van der Waals surface area contributed by atoms with E-state index in [0.29, 0.717) is 17.6 Å². The van der Waals surface area contributed by atoms with Crippen molar-refractivity contribution in [3.05, 3.63) is 52.5 Å². The molecular weight excluding hydrogens is 282 g/mol. The van der Waals surface area contributed by atoms with Crippen LogP contribution in [0, 0.1) is 0 Å². The van der Waals surface area contributed by atoms with Gasteiger partial charge in [-0.25, -0.2) is 9.97 Å². The first kappa shape index (κ1) is 12.0. The Hall–Kier alpha value is -1.46. The van der Waals surface area contributed by atoms with Gasteiger partial charge in [-0.15, -0.1) is 0 Å². The van der Waals surface area contributed by atoms with Gasteiger partial charge in [0.05, 0.1) is 10.2 Å². The van der Waals surface area contributed by atoms with Gasteiger partial charge in [0, 0.05) is 24.8 Å². The topological polar surface area (TPSA) is 58.0 Å². The molecule has 0 saturated heterocycles. The van der Waals surface area contributed by atoms with E-state index in [1.165, 1.54) is 6.33 Å². The van der Waals surface area contributed by atoms with E-state index in [1.54, 1.807) is 6.20 Å². The van der Waals surface area contributed by atoms with E-state index >= 15 is 0 Å². The molecule has 5 heteroatoms. The van der Waals surface area contributed by atoms with Crippen LogP contribution in [0.3, 0.4) is 0 Å². The summed E-state index contributed by atoms with van der Waals surface area (Å²) in [5.41, 5.74) is 1.78. The molecule has 2 aromatic rings. The lowest BCUT2D eigenvalue weighted by Crippen LogP contribution is -2.13. The molecule has 0 spiro atoms. The second-order valence-corrected chi connectivity index (χ2v) is 4.41. The Bertz CT molecular complexity index is 490. The summed E-state index contributed by atoms with van der Waals surface area (Å²) in [4.78, 5) is 7.96. The number of phenols is 1. The predicted molar refractivity (Wildman–Crippen MR) is 68.4 cm³/mol. The number of nitrogens with one attached hydrogen (secondary N) is 1. The average Bonchev–Trinajstić information content (AvgIpc) is 2.36. The number of aromatic nitrogens is 2. The van der Waals surface area contributed by atoms with Gasteiger partial charge in [0.25, 0.3) is 0 Å². The fourth-order valence-electron chi connectivity index (χ4n) is 1.45. The van der Waals surface area contributed by atoms with Crippen LogP contribution in [0.5, 0.6) is 5.75 Å². The van der Waals surface area contributed by atoms with Crippen LogP contribution in [0.25, 0.3) is 0 Å². The zero-order chi connectivity index (χ0) is 12.1. The second kappa shape index (κ2) is 5.75. The van der Waals surface area contributed by atoms with Crippen molar-refractivity contribution >= 4 is 15.9 Å². The van der Waals surface area contributed by atoms with E-state index in [2.05, 4.69) is 31.2 Å². The Morgan fingerprint density at radius 2 is 2.12 bits per heavy atom. The normalized spacial score (nSPS) is 10.4. The Morgan fingerprint density at radius 3 is 2.88 bits per heavy atom. The van der Waals surface area contributed by atoms with Gasteiger partial charge in [0.2, 0.25) is 0 Å². The van der Waals surface area contributed by atoms with Gasteiger partial charge in [-0.05, 0) is 28.1 Å². The minimum absolute atomic E-state index is 0.280. The van der Waals surface area contributed by atoms with Crippen LogP contribution >= 0.6 is 15.9 Å². The predicted octanol–water partition coefficient (Wildman–Crippen LogP) is 2.23. The number of halogens is 1. The van der Waals surface area contributed by atoms with Crippen molar-refractivity contribution in [3.8, 4) is 5.75 Å². The first-order chi connectivity index (χ1) is 8.27. The highest BCUT2D eigenvalue weighted by atomic mass is 79.9. The van der Waals surface area contributed by atoms with Gasteiger partial charge in [-0.2, -0.15) is 0 Å². The Morgan fingerprint density at radius 1 is 1.24 bits per heavy atom. The maximum atomic E-state index is 9.78. The van der Waals surface area contributed by atoms with E-state index in [-0.39, 0.29) is 5.75 Å². The minimum atomic E-state index is 0.280. The summed E-state index contributed by atoms with van der Waals surface area (Å²) < 4.78 is 0.707. The molecule has 4 nitrogen and oxygen atoms in total. The lowest BCUT2D eigenvalue weighted by molar-refractivity contribution is 0.461. The maximum Gasteiger partial charge on any atom is 0.134 e. The molecule has 2 rings (SSSR count). The zero-order valence-corrected chi connectivity index (χ0v) is 10.7. The van der Waals surface area contributed by atoms with E-state index in [4.69, 9.17) is 0 Å². The number of benzene rings is 1. The molecule has 0 saturated carbocycles. The number of rotatable bonds is 4. The van der Waals surface area contributed by atoms with Crippen molar-refractivity contribution in [2.75, 3.05) is 0 Å². The van der Waals surface area contributed by atoms with E-state index in [1.807, 2.05) is 24.3 Å². The standard InChI is InChI=1S/C12H12BrN3O/c13-11-3-1-2-9(12(11)17)6-15-7-10-4-5-14-8-16-10/h1-5,8,15,17H,6-7H2. The molecule has 88 valence electrons. The molecule has 1 aromatic heterocycles. The number of aromatic hydroxyl groups is 1. The molecular formula is C12H12BrN3O. The third-order valence-electron chi connectivity index (χ3n) is 2.34. The summed E-state index contributed by atoms with van der Waals surface area (Å²) in [6.45, 7) is 1.24. The van der Waals surface area contributed by atoms with Gasteiger partial charge < -0.3 is 10.4 Å². The van der Waals surface area contributed by atoms with Crippen molar-refractivity contribution in [1.29, 1.82) is 0 Å². The third-order valence-corrected chi connectivity index (χ3v) is 2.98. The number of phenolic OH excluding ortho intramolecular Hbond substituents is 1. The van der Waals surface area contributed by atoms with Crippen LogP contribution in [0.4, 0.5) is 0 Å². The fourth-order valence-corrected chi connectivity index (χ4v) is 1.86. The highest BCUT2D eigenvalue weighted by molar-refractivity contribution is 9.10. The van der Waals surface area contributed by atoms with Crippen molar-refractivity contribution in [1.82, 2.24) is 15.3 Å². The first-order valence-electron chi connectivity index (χ1n) is 5.19. The summed E-state index contributed by atoms with van der Waals surface area (Å²) in [6, 6.07) is 7.44. The number of hydrogen-bond acceptors (Lipinski definition) is 4. The summed E-state index contributed by atoms with van der Waals surface area (Å²) in [5.74, 6) is 0.280. The second-order valence-electron chi connectivity index (χ2n) is 3.55. The highest BCUT2D eigenvalue weighted by Gasteiger charge is 2.03. The molecule has 0 aliphatic rings. The molecule has 1 heterocycles. The third kappa shape index (κ3) is 3.25. The molecule has 0 atom stereocenters. The zero-order valence-electron chi connectivity index (χ0n) is 9.10. The van der Waals surface area contributed by atoms with Crippen molar-refractivity contribution < 1.29 is 5.11 Å². The van der Waals surface area contributed by atoms with E-state index in [9.17, 15) is 5.11 Å². The molecule has 0 radical (unpaired) electrons. The molecule has 0 amide bonds. The summed E-state index contributed by atoms with van der Waals surface area (Å²) in [7, 11) is 0. The van der Waals surface area contributed by atoms with Gasteiger partial charge >= 0.3 is 0 Å². The van der Waals surface area contributed by atoms with Crippen LogP contribution in [0.2, 0.25) is 0 Å². The van der Waals surface area contributed by atoms with Gasteiger partial charge in [0.15, 0.2) is 0 Å². The SMILES string of the molecule is Oc1c(Br)cccc1CNCc1ccncn1. The van der Waals surface area contributed by atoms with Gasteiger partial charge in [0.1, 0.15) is 12.1 Å². The van der Waals surface area contributed by atoms with Crippen LogP contribution < -0.4 is 5.32 Å². The molecule has 0 aliphatic heterocycles. The number of para-hydroxylation sites is 1.